The summed E-state index contributed by atoms with van der Waals surface area (Å²) in [6.45, 7) is 2.72. The lowest BCUT2D eigenvalue weighted by atomic mass is 10.00. The third-order valence-electron chi connectivity index (χ3n) is 4.43. The van der Waals surface area contributed by atoms with Crippen molar-refractivity contribution in [3.8, 4) is 0 Å². The van der Waals surface area contributed by atoms with Gasteiger partial charge in [0.05, 0.1) is 11.2 Å². The van der Waals surface area contributed by atoms with Crippen molar-refractivity contribution in [2.24, 2.45) is 0 Å². The number of rotatable bonds is 2. The van der Waals surface area contributed by atoms with Crippen LogP contribution in [0.4, 0.5) is 5.69 Å². The molecule has 0 radical (unpaired) electrons. The van der Waals surface area contributed by atoms with E-state index < -0.39 is 11.8 Å². The number of piperidine rings is 1. The van der Waals surface area contributed by atoms with Gasteiger partial charge in [-0.1, -0.05) is 25.1 Å². The van der Waals surface area contributed by atoms with Crippen molar-refractivity contribution in [1.82, 2.24) is 9.88 Å². The molecule has 0 spiro atoms. The number of hydrogen-bond acceptors (Lipinski definition) is 3. The summed E-state index contributed by atoms with van der Waals surface area (Å²) in [6.07, 6.45) is 5.63. The van der Waals surface area contributed by atoms with E-state index in [0.29, 0.717) is 17.7 Å². The van der Waals surface area contributed by atoms with Gasteiger partial charge in [-0.05, 0) is 37.8 Å². The van der Waals surface area contributed by atoms with Crippen LogP contribution >= 0.6 is 0 Å². The number of benzene rings is 1. The Balaban J connectivity index is 1.79. The number of nitrogens with one attached hydrogen (secondary N) is 1. The number of nitrogens with zero attached hydrogens (tertiary/aromatic N) is 2. The average molecular weight is 311 g/mol. The van der Waals surface area contributed by atoms with Crippen molar-refractivity contribution < 1.29 is 9.59 Å². The Bertz CT molecular complexity index is 724. The van der Waals surface area contributed by atoms with Gasteiger partial charge in [-0.25, -0.2) is 0 Å². The van der Waals surface area contributed by atoms with Crippen LogP contribution in [0.15, 0.2) is 36.5 Å². The first-order valence-corrected chi connectivity index (χ1v) is 8.16. The molecule has 2 amide bonds. The molecule has 0 bridgehead atoms. The quantitative estimate of drug-likeness (QED) is 0.867. The maximum atomic E-state index is 12.5. The molecular formula is C18H21N3O2. The van der Waals surface area contributed by atoms with Crippen LogP contribution in [-0.2, 0) is 9.59 Å². The molecule has 1 aliphatic heterocycles. The van der Waals surface area contributed by atoms with Gasteiger partial charge in [0, 0.05) is 24.2 Å². The number of anilines is 1. The lowest BCUT2D eigenvalue weighted by Crippen LogP contribution is -2.48. The third-order valence-corrected chi connectivity index (χ3v) is 4.43. The molecule has 0 saturated carbocycles. The number of pyridine rings is 1. The highest BCUT2D eigenvalue weighted by atomic mass is 16.2. The zero-order chi connectivity index (χ0) is 16.2. The minimum Gasteiger partial charge on any atom is -0.331 e. The van der Waals surface area contributed by atoms with E-state index in [1.54, 1.807) is 17.2 Å². The first-order valence-electron chi connectivity index (χ1n) is 8.16. The molecule has 2 heterocycles. The molecule has 0 aliphatic carbocycles. The van der Waals surface area contributed by atoms with Gasteiger partial charge in [0.15, 0.2) is 0 Å². The van der Waals surface area contributed by atoms with E-state index >= 15 is 0 Å². The second-order valence-corrected chi connectivity index (χ2v) is 5.89. The van der Waals surface area contributed by atoms with Crippen LogP contribution in [-0.4, -0.2) is 34.3 Å². The second kappa shape index (κ2) is 6.77. The molecule has 120 valence electrons. The molecule has 23 heavy (non-hydrogen) atoms. The van der Waals surface area contributed by atoms with Gasteiger partial charge in [-0.3, -0.25) is 14.6 Å². The molecule has 1 N–H and O–H groups in total. The standard InChI is InChI=1S/C18H21N3O2/c1-2-14-9-3-4-12-21(14)18(23)17(22)20-15-10-5-7-13-8-6-11-19-16(13)15/h5-8,10-11,14H,2-4,9,12H2,1H3,(H,20,22). The minimum absolute atomic E-state index is 0.174. The first kappa shape index (κ1) is 15.5. The highest BCUT2D eigenvalue weighted by molar-refractivity contribution is 6.40. The second-order valence-electron chi connectivity index (χ2n) is 5.89. The number of likely N-dealkylation sites (tertiary alicyclic amines) is 1. The van der Waals surface area contributed by atoms with E-state index in [1.807, 2.05) is 24.3 Å². The largest absolute Gasteiger partial charge is 0.331 e. The van der Waals surface area contributed by atoms with Crippen molar-refractivity contribution in [2.75, 3.05) is 11.9 Å². The van der Waals surface area contributed by atoms with E-state index in [0.717, 1.165) is 31.1 Å². The van der Waals surface area contributed by atoms with Crippen LogP contribution < -0.4 is 5.32 Å². The lowest BCUT2D eigenvalue weighted by molar-refractivity contribution is -0.145. The fourth-order valence-corrected chi connectivity index (χ4v) is 3.20. The maximum absolute atomic E-state index is 12.5. The van der Waals surface area contributed by atoms with Gasteiger partial charge in [0.25, 0.3) is 0 Å². The molecule has 1 unspecified atom stereocenters. The van der Waals surface area contributed by atoms with Gasteiger partial charge in [-0.15, -0.1) is 0 Å². The van der Waals surface area contributed by atoms with Crippen LogP contribution in [0.5, 0.6) is 0 Å². The molecule has 1 aliphatic rings. The number of hydrogen-bond donors (Lipinski definition) is 1. The normalized spacial score (nSPS) is 18.0. The Morgan fingerprint density at radius 3 is 2.91 bits per heavy atom. The number of carbonyl (C=O) groups is 2. The molecule has 1 saturated heterocycles. The van der Waals surface area contributed by atoms with E-state index in [9.17, 15) is 9.59 Å². The monoisotopic (exact) mass is 311 g/mol. The Kier molecular flexibility index (Phi) is 4.55. The maximum Gasteiger partial charge on any atom is 0.313 e. The number of aromatic nitrogens is 1. The summed E-state index contributed by atoms with van der Waals surface area (Å²) < 4.78 is 0. The molecular weight excluding hydrogens is 290 g/mol. The van der Waals surface area contributed by atoms with E-state index in [4.69, 9.17) is 0 Å². The van der Waals surface area contributed by atoms with Gasteiger partial charge in [-0.2, -0.15) is 0 Å². The van der Waals surface area contributed by atoms with Crippen LogP contribution in [0.1, 0.15) is 32.6 Å². The number of para-hydroxylation sites is 1. The SMILES string of the molecule is CCC1CCCCN1C(=O)C(=O)Nc1cccc2cccnc12. The van der Waals surface area contributed by atoms with E-state index in [1.165, 1.54) is 0 Å². The number of carbonyl (C=O) groups excluding carboxylic acids is 2. The first-order chi connectivity index (χ1) is 11.2. The molecule has 5 heteroatoms. The zero-order valence-corrected chi connectivity index (χ0v) is 13.3. The molecule has 2 aromatic rings. The van der Waals surface area contributed by atoms with Crippen LogP contribution in [0.3, 0.4) is 0 Å². The van der Waals surface area contributed by atoms with Crippen molar-refractivity contribution in [2.45, 2.75) is 38.6 Å². The molecule has 5 nitrogen and oxygen atoms in total. The van der Waals surface area contributed by atoms with Crippen molar-refractivity contribution in [3.63, 3.8) is 0 Å². The summed E-state index contributed by atoms with van der Waals surface area (Å²) in [5, 5.41) is 3.67. The van der Waals surface area contributed by atoms with Crippen LogP contribution in [0.2, 0.25) is 0 Å². The Labute approximate surface area is 135 Å². The summed E-state index contributed by atoms with van der Waals surface area (Å²) in [4.78, 5) is 30.9. The molecule has 3 rings (SSSR count). The molecule has 1 fully saturated rings. The van der Waals surface area contributed by atoms with E-state index in [-0.39, 0.29) is 6.04 Å². The zero-order valence-electron chi connectivity index (χ0n) is 13.3. The molecule has 1 aromatic carbocycles. The van der Waals surface area contributed by atoms with Gasteiger partial charge < -0.3 is 10.2 Å². The van der Waals surface area contributed by atoms with Crippen molar-refractivity contribution in [1.29, 1.82) is 0 Å². The topological polar surface area (TPSA) is 62.3 Å². The third kappa shape index (κ3) is 3.18. The molecule has 1 atom stereocenters. The summed E-state index contributed by atoms with van der Waals surface area (Å²) in [5.41, 5.74) is 1.27. The Hall–Kier alpha value is -2.43. The summed E-state index contributed by atoms with van der Waals surface area (Å²) >= 11 is 0. The smallest absolute Gasteiger partial charge is 0.313 e. The predicted octanol–water partition coefficient (Wildman–Crippen LogP) is 2.96. The van der Waals surface area contributed by atoms with Crippen LogP contribution in [0, 0.1) is 0 Å². The fraction of sp³-hybridized carbons (Fsp3) is 0.389. The Morgan fingerprint density at radius 1 is 1.26 bits per heavy atom. The summed E-state index contributed by atoms with van der Waals surface area (Å²) in [7, 11) is 0. The lowest BCUT2D eigenvalue weighted by Gasteiger charge is -2.34. The van der Waals surface area contributed by atoms with Gasteiger partial charge in [0.1, 0.15) is 0 Å². The predicted molar refractivity (Wildman–Crippen MR) is 90.0 cm³/mol. The number of amides is 2. The summed E-state index contributed by atoms with van der Waals surface area (Å²) in [6, 6.07) is 9.49. The molecule has 1 aromatic heterocycles. The Morgan fingerprint density at radius 2 is 2.09 bits per heavy atom. The fourth-order valence-electron chi connectivity index (χ4n) is 3.20. The van der Waals surface area contributed by atoms with E-state index in [2.05, 4.69) is 17.2 Å². The highest BCUT2D eigenvalue weighted by Gasteiger charge is 2.29. The highest BCUT2D eigenvalue weighted by Crippen LogP contribution is 2.22. The van der Waals surface area contributed by atoms with Gasteiger partial charge in [0.2, 0.25) is 0 Å². The summed E-state index contributed by atoms with van der Waals surface area (Å²) in [5.74, 6) is -1.02. The number of fused-ring (bicyclic) bond motifs is 1. The van der Waals surface area contributed by atoms with Gasteiger partial charge >= 0.3 is 11.8 Å². The van der Waals surface area contributed by atoms with Crippen molar-refractivity contribution >= 4 is 28.4 Å². The minimum atomic E-state index is -0.580. The van der Waals surface area contributed by atoms with Crippen LogP contribution in [0.25, 0.3) is 10.9 Å². The van der Waals surface area contributed by atoms with Crippen molar-refractivity contribution in [3.05, 3.63) is 36.5 Å². The average Bonchev–Trinajstić information content (AvgIpc) is 2.61.